The summed E-state index contributed by atoms with van der Waals surface area (Å²) in [6, 6.07) is 2.22. The van der Waals surface area contributed by atoms with Crippen LogP contribution in [0.25, 0.3) is 0 Å². The summed E-state index contributed by atoms with van der Waals surface area (Å²) in [7, 11) is 0. The van der Waals surface area contributed by atoms with Gasteiger partial charge >= 0.3 is 6.18 Å². The molecule has 0 saturated heterocycles. The predicted octanol–water partition coefficient (Wildman–Crippen LogP) is 4.05. The van der Waals surface area contributed by atoms with Gasteiger partial charge in [-0.25, -0.2) is 0 Å². The largest absolute Gasteiger partial charge is 0.489 e. The zero-order valence-electron chi connectivity index (χ0n) is 9.07. The fourth-order valence-corrected chi connectivity index (χ4v) is 2.21. The van der Waals surface area contributed by atoms with Crippen molar-refractivity contribution >= 4 is 21.6 Å². The van der Waals surface area contributed by atoms with Crippen LogP contribution in [0.15, 0.2) is 16.6 Å². The summed E-state index contributed by atoms with van der Waals surface area (Å²) in [6.07, 6.45) is -3.50. The number of ether oxygens (including phenoxy) is 1. The average Bonchev–Trinajstić information content (AvgIpc) is 2.27. The molecule has 1 aromatic carbocycles. The Balaban J connectivity index is 2.40. The number of fused-ring (bicyclic) bond motifs is 1. The van der Waals surface area contributed by atoms with Crippen LogP contribution >= 0.6 is 15.9 Å². The van der Waals surface area contributed by atoms with Crippen molar-refractivity contribution in [1.82, 2.24) is 0 Å². The lowest BCUT2D eigenvalue weighted by Crippen LogP contribution is -2.31. The molecule has 1 heterocycles. The van der Waals surface area contributed by atoms with Crippen LogP contribution in [-0.4, -0.2) is 12.6 Å². The van der Waals surface area contributed by atoms with Crippen molar-refractivity contribution in [3.05, 3.63) is 22.2 Å². The first-order valence-electron chi connectivity index (χ1n) is 5.22. The zero-order valence-corrected chi connectivity index (χ0v) is 10.7. The Hall–Kier alpha value is -0.910. The van der Waals surface area contributed by atoms with Crippen LogP contribution in [0.1, 0.15) is 18.9 Å². The van der Waals surface area contributed by atoms with Crippen LogP contribution in [-0.2, 0) is 6.18 Å². The zero-order chi connectivity index (χ0) is 12.6. The molecule has 2 rings (SSSR count). The summed E-state index contributed by atoms with van der Waals surface area (Å²) in [6.45, 7) is 2.38. The number of hydrogen-bond acceptors (Lipinski definition) is 2. The Kier molecular flexibility index (Phi) is 3.25. The van der Waals surface area contributed by atoms with Crippen LogP contribution < -0.4 is 10.1 Å². The van der Waals surface area contributed by atoms with Crippen molar-refractivity contribution in [2.45, 2.75) is 25.6 Å². The van der Waals surface area contributed by atoms with Gasteiger partial charge < -0.3 is 10.1 Å². The van der Waals surface area contributed by atoms with E-state index in [1.165, 1.54) is 0 Å². The van der Waals surface area contributed by atoms with Gasteiger partial charge in [-0.1, -0.05) is 6.92 Å². The van der Waals surface area contributed by atoms with Gasteiger partial charge in [0.05, 0.1) is 17.3 Å². The van der Waals surface area contributed by atoms with Crippen LogP contribution in [0.5, 0.6) is 5.75 Å². The number of halogens is 4. The lowest BCUT2D eigenvalue weighted by Gasteiger charge is -2.28. The molecule has 1 aliphatic heterocycles. The Morgan fingerprint density at radius 2 is 2.18 bits per heavy atom. The summed E-state index contributed by atoms with van der Waals surface area (Å²) in [4.78, 5) is 0. The van der Waals surface area contributed by atoms with E-state index >= 15 is 0 Å². The molecule has 0 fully saturated rings. The lowest BCUT2D eigenvalue weighted by molar-refractivity contribution is -0.137. The minimum atomic E-state index is -4.36. The molecule has 2 nitrogen and oxygen atoms in total. The van der Waals surface area contributed by atoms with E-state index in [1.807, 2.05) is 6.92 Å². The highest BCUT2D eigenvalue weighted by molar-refractivity contribution is 9.10. The minimum absolute atomic E-state index is 0.135. The van der Waals surface area contributed by atoms with Gasteiger partial charge in [-0.2, -0.15) is 13.2 Å². The van der Waals surface area contributed by atoms with E-state index < -0.39 is 11.7 Å². The summed E-state index contributed by atoms with van der Waals surface area (Å²) in [5.41, 5.74) is -0.115. The molecule has 1 aliphatic rings. The molecule has 0 spiro atoms. The maximum atomic E-state index is 12.6. The van der Waals surface area contributed by atoms with E-state index in [4.69, 9.17) is 4.74 Å². The molecule has 0 aromatic heterocycles. The highest BCUT2D eigenvalue weighted by Gasteiger charge is 2.33. The highest BCUT2D eigenvalue weighted by atomic mass is 79.9. The quantitative estimate of drug-likeness (QED) is 0.845. The smallest absolute Gasteiger partial charge is 0.416 e. The maximum Gasteiger partial charge on any atom is 0.416 e. The molecule has 0 amide bonds. The van der Waals surface area contributed by atoms with Gasteiger partial charge in [-0.3, -0.25) is 0 Å². The molecule has 1 unspecified atom stereocenters. The number of alkyl halides is 3. The molecule has 1 atom stereocenters. The summed E-state index contributed by atoms with van der Waals surface area (Å²) >= 11 is 3.14. The second-order valence-electron chi connectivity index (χ2n) is 3.89. The third-order valence-electron chi connectivity index (χ3n) is 2.66. The average molecular weight is 310 g/mol. The van der Waals surface area contributed by atoms with Crippen molar-refractivity contribution in [3.63, 3.8) is 0 Å². The fraction of sp³-hybridized carbons (Fsp3) is 0.455. The maximum absolute atomic E-state index is 12.6. The predicted molar refractivity (Wildman–Crippen MR) is 62.3 cm³/mol. The molecule has 1 aromatic rings. The molecule has 0 bridgehead atoms. The second kappa shape index (κ2) is 4.40. The van der Waals surface area contributed by atoms with E-state index in [1.54, 1.807) is 0 Å². The molecular formula is C11H11BrF3NO. The third-order valence-corrected chi connectivity index (χ3v) is 3.29. The van der Waals surface area contributed by atoms with Gasteiger partial charge in [-0.05, 0) is 34.5 Å². The first-order chi connectivity index (χ1) is 7.91. The Bertz CT molecular complexity index is 433. The standard InChI is InChI=1S/C11H11BrF3NO/c1-2-7-5-17-9-4-6(11(13,14)15)3-8(12)10(9)16-7/h3-4,7,16H,2,5H2,1H3. The molecule has 17 heavy (non-hydrogen) atoms. The number of nitrogens with one attached hydrogen (secondary N) is 1. The van der Waals surface area contributed by atoms with Gasteiger partial charge in [0.25, 0.3) is 0 Å². The molecule has 0 saturated carbocycles. The Morgan fingerprint density at radius 3 is 2.76 bits per heavy atom. The molecule has 6 heteroatoms. The van der Waals surface area contributed by atoms with Crippen LogP contribution in [0.3, 0.4) is 0 Å². The van der Waals surface area contributed by atoms with Crippen molar-refractivity contribution in [2.75, 3.05) is 11.9 Å². The first kappa shape index (κ1) is 12.5. The Morgan fingerprint density at radius 1 is 1.47 bits per heavy atom. The fourth-order valence-electron chi connectivity index (χ4n) is 1.66. The highest BCUT2D eigenvalue weighted by Crippen LogP contribution is 2.42. The molecule has 1 N–H and O–H groups in total. The topological polar surface area (TPSA) is 21.3 Å². The van der Waals surface area contributed by atoms with E-state index in [-0.39, 0.29) is 11.8 Å². The minimum Gasteiger partial charge on any atom is -0.489 e. The third kappa shape index (κ3) is 2.51. The second-order valence-corrected chi connectivity index (χ2v) is 4.74. The summed E-state index contributed by atoms with van der Waals surface area (Å²) in [5.74, 6) is 0.247. The van der Waals surface area contributed by atoms with Gasteiger partial charge in [0.1, 0.15) is 12.4 Å². The number of benzene rings is 1. The van der Waals surface area contributed by atoms with Gasteiger partial charge in [0, 0.05) is 4.47 Å². The SMILES string of the molecule is CCC1COc2cc(C(F)(F)F)cc(Br)c2N1. The number of rotatable bonds is 1. The van der Waals surface area contributed by atoms with Crippen LogP contribution in [0.2, 0.25) is 0 Å². The van der Waals surface area contributed by atoms with Crippen molar-refractivity contribution in [3.8, 4) is 5.75 Å². The van der Waals surface area contributed by atoms with Crippen LogP contribution in [0.4, 0.5) is 18.9 Å². The Labute approximate surface area is 105 Å². The van der Waals surface area contributed by atoms with E-state index in [2.05, 4.69) is 21.2 Å². The first-order valence-corrected chi connectivity index (χ1v) is 6.01. The number of anilines is 1. The monoisotopic (exact) mass is 309 g/mol. The summed E-state index contributed by atoms with van der Waals surface area (Å²) < 4.78 is 43.5. The lowest BCUT2D eigenvalue weighted by atomic mass is 10.1. The van der Waals surface area contributed by atoms with Gasteiger partial charge in [-0.15, -0.1) is 0 Å². The molecule has 0 aliphatic carbocycles. The number of hydrogen-bond donors (Lipinski definition) is 1. The van der Waals surface area contributed by atoms with Gasteiger partial charge in [0.15, 0.2) is 0 Å². The van der Waals surface area contributed by atoms with Crippen molar-refractivity contribution < 1.29 is 17.9 Å². The molecule has 0 radical (unpaired) electrons. The van der Waals surface area contributed by atoms with E-state index in [0.717, 1.165) is 18.6 Å². The summed E-state index contributed by atoms with van der Waals surface area (Å²) in [5, 5.41) is 3.15. The van der Waals surface area contributed by atoms with E-state index in [9.17, 15) is 13.2 Å². The van der Waals surface area contributed by atoms with Crippen molar-refractivity contribution in [1.29, 1.82) is 0 Å². The molecule has 94 valence electrons. The van der Waals surface area contributed by atoms with Crippen LogP contribution in [0, 0.1) is 0 Å². The van der Waals surface area contributed by atoms with Gasteiger partial charge in [0.2, 0.25) is 0 Å². The van der Waals surface area contributed by atoms with Crippen molar-refractivity contribution in [2.24, 2.45) is 0 Å². The van der Waals surface area contributed by atoms with E-state index in [0.29, 0.717) is 16.8 Å². The normalized spacial score (nSPS) is 19.2. The molecular weight excluding hydrogens is 299 g/mol.